The van der Waals surface area contributed by atoms with Gasteiger partial charge in [-0.25, -0.2) is 0 Å². The normalized spacial score (nSPS) is 38.6. The van der Waals surface area contributed by atoms with Crippen LogP contribution in [0.3, 0.4) is 0 Å². The molecular formula is C12H24O11. The van der Waals surface area contributed by atoms with E-state index in [1.54, 1.807) is 0 Å². The smallest absolute Gasteiger partial charge is 0.115 e. The van der Waals surface area contributed by atoms with E-state index < -0.39 is 74.3 Å². The zero-order valence-corrected chi connectivity index (χ0v) is 12.1. The van der Waals surface area contributed by atoms with Crippen molar-refractivity contribution in [3.63, 3.8) is 0 Å². The third-order valence-corrected chi connectivity index (χ3v) is 3.90. The van der Waals surface area contributed by atoms with Gasteiger partial charge in [-0.3, -0.25) is 0 Å². The molecule has 0 saturated carbocycles. The lowest BCUT2D eigenvalue weighted by Gasteiger charge is -2.43. The standard InChI is InChI=1S/C12H24O11/c13-1-3(15)5(16)7(18)9(20)11(22)12-10(21)8(19)6(17)4(2-14)23-12/h3-22H,1-2H2/t3-,4-,5-,6-,7+,8+,9+,10-,11?,12+/m1/s1. The van der Waals surface area contributed by atoms with E-state index in [0.717, 1.165) is 0 Å². The molecule has 10 N–H and O–H groups in total. The summed E-state index contributed by atoms with van der Waals surface area (Å²) in [6.45, 7) is -1.67. The third kappa shape index (κ3) is 4.35. The zero-order valence-electron chi connectivity index (χ0n) is 12.1. The van der Waals surface area contributed by atoms with Crippen molar-refractivity contribution in [2.75, 3.05) is 13.2 Å². The summed E-state index contributed by atoms with van der Waals surface area (Å²) in [4.78, 5) is 0. The maximum Gasteiger partial charge on any atom is 0.115 e. The minimum atomic E-state index is -2.13. The Morgan fingerprint density at radius 2 is 1.30 bits per heavy atom. The van der Waals surface area contributed by atoms with Crippen molar-refractivity contribution in [2.45, 2.75) is 61.0 Å². The highest BCUT2D eigenvalue weighted by Crippen LogP contribution is 2.25. The van der Waals surface area contributed by atoms with Gasteiger partial charge in [-0.05, 0) is 0 Å². The summed E-state index contributed by atoms with van der Waals surface area (Å²) in [6, 6.07) is 0. The van der Waals surface area contributed by atoms with Crippen molar-refractivity contribution in [1.29, 1.82) is 0 Å². The van der Waals surface area contributed by atoms with E-state index in [9.17, 15) is 40.9 Å². The Morgan fingerprint density at radius 3 is 1.78 bits per heavy atom. The Labute approximate surface area is 131 Å². The summed E-state index contributed by atoms with van der Waals surface area (Å²) in [5.41, 5.74) is 0. The van der Waals surface area contributed by atoms with E-state index in [-0.39, 0.29) is 0 Å². The van der Waals surface area contributed by atoms with Crippen LogP contribution in [0.4, 0.5) is 0 Å². The largest absolute Gasteiger partial charge is 0.394 e. The van der Waals surface area contributed by atoms with Gasteiger partial charge in [-0.1, -0.05) is 0 Å². The fourth-order valence-corrected chi connectivity index (χ4v) is 2.35. The lowest BCUT2D eigenvalue weighted by Crippen LogP contribution is -2.64. The summed E-state index contributed by atoms with van der Waals surface area (Å²) >= 11 is 0. The van der Waals surface area contributed by atoms with Crippen molar-refractivity contribution in [1.82, 2.24) is 0 Å². The van der Waals surface area contributed by atoms with Crippen LogP contribution < -0.4 is 0 Å². The highest BCUT2D eigenvalue weighted by molar-refractivity contribution is 4.98. The highest BCUT2D eigenvalue weighted by atomic mass is 16.6. The molecule has 23 heavy (non-hydrogen) atoms. The van der Waals surface area contributed by atoms with Crippen LogP contribution in [-0.4, -0.2) is 125 Å². The van der Waals surface area contributed by atoms with Gasteiger partial charge in [-0.2, -0.15) is 0 Å². The summed E-state index contributed by atoms with van der Waals surface area (Å²) in [6.07, 6.45) is -18.4. The minimum Gasteiger partial charge on any atom is -0.394 e. The fourth-order valence-electron chi connectivity index (χ4n) is 2.35. The number of aliphatic hydroxyl groups is 10. The predicted octanol–water partition coefficient (Wildman–Crippen LogP) is -6.37. The van der Waals surface area contributed by atoms with Gasteiger partial charge in [0.15, 0.2) is 0 Å². The molecule has 0 aromatic carbocycles. The van der Waals surface area contributed by atoms with E-state index in [0.29, 0.717) is 0 Å². The number of hydrogen-bond donors (Lipinski definition) is 10. The Morgan fingerprint density at radius 1 is 0.739 bits per heavy atom. The molecule has 0 spiro atoms. The maximum absolute atomic E-state index is 9.98. The second kappa shape index (κ2) is 8.60. The summed E-state index contributed by atoms with van der Waals surface area (Å²) < 4.78 is 5.01. The molecule has 1 rings (SSSR count). The molecule has 1 aliphatic rings. The van der Waals surface area contributed by atoms with E-state index >= 15 is 0 Å². The molecule has 0 radical (unpaired) electrons. The molecule has 1 fully saturated rings. The van der Waals surface area contributed by atoms with E-state index in [1.165, 1.54) is 0 Å². The third-order valence-electron chi connectivity index (χ3n) is 3.90. The second-order valence-corrected chi connectivity index (χ2v) is 5.51. The van der Waals surface area contributed by atoms with Gasteiger partial charge >= 0.3 is 0 Å². The molecule has 0 bridgehead atoms. The number of rotatable bonds is 7. The van der Waals surface area contributed by atoms with E-state index in [1.807, 2.05) is 0 Å². The Kier molecular flexibility index (Phi) is 7.70. The minimum absolute atomic E-state index is 0.751. The van der Waals surface area contributed by atoms with Gasteiger partial charge in [0.05, 0.1) is 13.2 Å². The average Bonchev–Trinajstić information content (AvgIpc) is 2.56. The fraction of sp³-hybridized carbons (Fsp3) is 1.00. The zero-order chi connectivity index (χ0) is 17.9. The molecule has 11 heteroatoms. The summed E-state index contributed by atoms with van der Waals surface area (Å²) in [5.74, 6) is 0. The molecular weight excluding hydrogens is 320 g/mol. The van der Waals surface area contributed by atoms with Gasteiger partial charge in [0.2, 0.25) is 0 Å². The van der Waals surface area contributed by atoms with Crippen molar-refractivity contribution >= 4 is 0 Å². The molecule has 1 saturated heterocycles. The monoisotopic (exact) mass is 344 g/mol. The van der Waals surface area contributed by atoms with Crippen LogP contribution in [0.5, 0.6) is 0 Å². The Bertz CT molecular complexity index is 354. The van der Waals surface area contributed by atoms with Crippen molar-refractivity contribution in [2.24, 2.45) is 0 Å². The Balaban J connectivity index is 2.83. The van der Waals surface area contributed by atoms with Crippen LogP contribution in [0.25, 0.3) is 0 Å². The first-order valence-corrected chi connectivity index (χ1v) is 6.99. The molecule has 138 valence electrons. The van der Waals surface area contributed by atoms with Crippen LogP contribution in [0.15, 0.2) is 0 Å². The second-order valence-electron chi connectivity index (χ2n) is 5.51. The quantitative estimate of drug-likeness (QED) is 0.210. The van der Waals surface area contributed by atoms with Crippen LogP contribution in [0, 0.1) is 0 Å². The molecule has 1 aliphatic heterocycles. The topological polar surface area (TPSA) is 212 Å². The predicted molar refractivity (Wildman–Crippen MR) is 70.9 cm³/mol. The highest BCUT2D eigenvalue weighted by Gasteiger charge is 2.49. The first kappa shape index (κ1) is 20.6. The molecule has 1 heterocycles. The summed E-state index contributed by atoms with van der Waals surface area (Å²) in [7, 11) is 0. The van der Waals surface area contributed by atoms with Gasteiger partial charge in [-0.15, -0.1) is 0 Å². The van der Waals surface area contributed by atoms with Gasteiger partial charge in [0.25, 0.3) is 0 Å². The Hall–Kier alpha value is -0.440. The van der Waals surface area contributed by atoms with Gasteiger partial charge in [0.1, 0.15) is 61.0 Å². The molecule has 0 aromatic rings. The number of aliphatic hydroxyl groups excluding tert-OH is 10. The molecule has 0 aliphatic carbocycles. The SMILES string of the molecule is OC[C@@H](O)[C@@H](O)[C@H](O)[C@H](O)C(O)[C@H]1O[C@H](CO)[C@@H](O)[C@H](O)[C@H]1O. The summed E-state index contributed by atoms with van der Waals surface area (Å²) in [5, 5.41) is 94.9. The molecule has 0 aromatic heterocycles. The van der Waals surface area contributed by atoms with E-state index in [2.05, 4.69) is 0 Å². The first-order valence-electron chi connectivity index (χ1n) is 6.99. The first-order chi connectivity index (χ1) is 10.7. The van der Waals surface area contributed by atoms with Crippen LogP contribution in [0.1, 0.15) is 0 Å². The van der Waals surface area contributed by atoms with Crippen LogP contribution in [0.2, 0.25) is 0 Å². The van der Waals surface area contributed by atoms with Crippen molar-refractivity contribution in [3.8, 4) is 0 Å². The van der Waals surface area contributed by atoms with Gasteiger partial charge in [0, 0.05) is 0 Å². The molecule has 11 nitrogen and oxygen atoms in total. The maximum atomic E-state index is 9.98. The van der Waals surface area contributed by atoms with E-state index in [4.69, 9.17) is 14.9 Å². The molecule has 0 amide bonds. The van der Waals surface area contributed by atoms with Crippen LogP contribution >= 0.6 is 0 Å². The number of hydrogen-bond acceptors (Lipinski definition) is 11. The lowest BCUT2D eigenvalue weighted by atomic mass is 9.88. The molecule has 1 unspecified atom stereocenters. The van der Waals surface area contributed by atoms with Crippen molar-refractivity contribution < 1.29 is 55.8 Å². The van der Waals surface area contributed by atoms with Crippen LogP contribution in [-0.2, 0) is 4.74 Å². The van der Waals surface area contributed by atoms with Crippen molar-refractivity contribution in [3.05, 3.63) is 0 Å². The van der Waals surface area contributed by atoms with Gasteiger partial charge < -0.3 is 55.8 Å². The lowest BCUT2D eigenvalue weighted by molar-refractivity contribution is -0.264. The number of ether oxygens (including phenoxy) is 1. The molecule has 10 atom stereocenters. The average molecular weight is 344 g/mol.